The Morgan fingerprint density at radius 2 is 1.58 bits per heavy atom. The summed E-state index contributed by atoms with van der Waals surface area (Å²) in [4.78, 5) is 24.7. The number of amides is 2. The highest BCUT2D eigenvalue weighted by Crippen LogP contribution is 2.35. The van der Waals surface area contributed by atoms with Gasteiger partial charge in [0.2, 0.25) is 0 Å². The van der Waals surface area contributed by atoms with Crippen LogP contribution in [0.3, 0.4) is 0 Å². The Labute approximate surface area is 137 Å². The third-order valence-electron chi connectivity index (χ3n) is 4.23. The highest BCUT2D eigenvalue weighted by atomic mass is 19.1. The van der Waals surface area contributed by atoms with Crippen LogP contribution in [0.15, 0.2) is 54.7 Å². The van der Waals surface area contributed by atoms with Crippen molar-refractivity contribution in [1.82, 2.24) is 9.88 Å². The molecule has 0 unspecified atom stereocenters. The maximum atomic E-state index is 13.2. The van der Waals surface area contributed by atoms with E-state index in [1.54, 1.807) is 0 Å². The number of imide groups is 1. The van der Waals surface area contributed by atoms with Crippen LogP contribution in [0.5, 0.6) is 0 Å². The highest BCUT2D eigenvalue weighted by molar-refractivity contribution is 6.50. The molecule has 0 radical (unpaired) electrons. The summed E-state index contributed by atoms with van der Waals surface area (Å²) in [6.45, 7) is 0. The van der Waals surface area contributed by atoms with Gasteiger partial charge < -0.3 is 4.57 Å². The smallest absolute Gasteiger partial charge is 0.259 e. The summed E-state index contributed by atoms with van der Waals surface area (Å²) in [5.41, 5.74) is 2.77. The number of nitrogens with one attached hydrogen (secondary N) is 1. The van der Waals surface area contributed by atoms with Gasteiger partial charge >= 0.3 is 0 Å². The van der Waals surface area contributed by atoms with Crippen molar-refractivity contribution in [2.75, 3.05) is 0 Å². The van der Waals surface area contributed by atoms with Crippen LogP contribution in [0.2, 0.25) is 0 Å². The number of aryl methyl sites for hydroxylation is 1. The predicted molar refractivity (Wildman–Crippen MR) is 89.3 cm³/mol. The van der Waals surface area contributed by atoms with Crippen molar-refractivity contribution in [2.24, 2.45) is 7.05 Å². The molecule has 5 heteroatoms. The van der Waals surface area contributed by atoms with Crippen LogP contribution in [-0.4, -0.2) is 16.4 Å². The van der Waals surface area contributed by atoms with Crippen molar-refractivity contribution < 1.29 is 14.0 Å². The predicted octanol–water partition coefficient (Wildman–Crippen LogP) is 2.88. The molecule has 0 fully saturated rings. The van der Waals surface area contributed by atoms with Crippen LogP contribution < -0.4 is 5.32 Å². The summed E-state index contributed by atoms with van der Waals surface area (Å²) >= 11 is 0. The van der Waals surface area contributed by atoms with Gasteiger partial charge in [0.1, 0.15) is 5.82 Å². The lowest BCUT2D eigenvalue weighted by molar-refractivity contribution is -0.122. The number of rotatable bonds is 2. The van der Waals surface area contributed by atoms with Gasteiger partial charge in [0.15, 0.2) is 0 Å². The standard InChI is InChI=1S/C19H13FN2O2/c1-22-10-14(13-4-2-3-5-15(13)22)17-16(18(23)21-19(17)24)11-6-8-12(20)9-7-11/h2-10H,1H3,(H,21,23,24). The van der Waals surface area contributed by atoms with Crippen LogP contribution in [0.25, 0.3) is 22.0 Å². The zero-order chi connectivity index (χ0) is 16.8. The van der Waals surface area contributed by atoms with E-state index in [0.717, 1.165) is 10.9 Å². The van der Waals surface area contributed by atoms with Crippen molar-refractivity contribution >= 4 is 33.9 Å². The molecule has 0 saturated carbocycles. The molecule has 1 aromatic heterocycles. The number of aromatic nitrogens is 1. The Morgan fingerprint density at radius 3 is 2.33 bits per heavy atom. The lowest BCUT2D eigenvalue weighted by Gasteiger charge is -2.04. The topological polar surface area (TPSA) is 51.1 Å². The maximum Gasteiger partial charge on any atom is 0.259 e. The lowest BCUT2D eigenvalue weighted by atomic mass is 9.96. The van der Waals surface area contributed by atoms with Crippen molar-refractivity contribution in [3.63, 3.8) is 0 Å². The van der Waals surface area contributed by atoms with Crippen LogP contribution in [-0.2, 0) is 16.6 Å². The number of hydrogen-bond donors (Lipinski definition) is 1. The zero-order valence-electron chi connectivity index (χ0n) is 12.8. The van der Waals surface area contributed by atoms with E-state index in [9.17, 15) is 14.0 Å². The van der Waals surface area contributed by atoms with E-state index in [4.69, 9.17) is 0 Å². The largest absolute Gasteiger partial charge is 0.350 e. The van der Waals surface area contributed by atoms with Crippen molar-refractivity contribution in [2.45, 2.75) is 0 Å². The third-order valence-corrected chi connectivity index (χ3v) is 4.23. The molecule has 4 nitrogen and oxygen atoms in total. The Bertz CT molecular complexity index is 1030. The Balaban J connectivity index is 2.03. The quantitative estimate of drug-likeness (QED) is 0.738. The Morgan fingerprint density at radius 1 is 0.917 bits per heavy atom. The minimum absolute atomic E-state index is 0.274. The maximum absolute atomic E-state index is 13.2. The van der Waals surface area contributed by atoms with E-state index in [0.29, 0.717) is 16.7 Å². The molecule has 0 spiro atoms. The van der Waals surface area contributed by atoms with Crippen molar-refractivity contribution in [3.05, 3.63) is 71.7 Å². The van der Waals surface area contributed by atoms with Gasteiger partial charge in [-0.3, -0.25) is 14.9 Å². The van der Waals surface area contributed by atoms with Gasteiger partial charge in [-0.05, 0) is 23.8 Å². The third kappa shape index (κ3) is 2.06. The number of fused-ring (bicyclic) bond motifs is 1. The molecular weight excluding hydrogens is 307 g/mol. The van der Waals surface area contributed by atoms with Gasteiger partial charge in [-0.2, -0.15) is 0 Å². The fourth-order valence-electron chi connectivity index (χ4n) is 3.15. The summed E-state index contributed by atoms with van der Waals surface area (Å²) in [7, 11) is 1.89. The molecule has 118 valence electrons. The normalized spacial score (nSPS) is 14.6. The molecule has 2 amide bonds. The average Bonchev–Trinajstić information content (AvgIpc) is 3.05. The van der Waals surface area contributed by atoms with Gasteiger partial charge in [0, 0.05) is 29.7 Å². The molecule has 0 bridgehead atoms. The molecule has 1 N–H and O–H groups in total. The molecule has 2 heterocycles. The van der Waals surface area contributed by atoms with Crippen molar-refractivity contribution in [3.8, 4) is 0 Å². The van der Waals surface area contributed by atoms with E-state index >= 15 is 0 Å². The average molecular weight is 320 g/mol. The van der Waals surface area contributed by atoms with E-state index in [1.807, 2.05) is 42.1 Å². The minimum atomic E-state index is -0.463. The monoisotopic (exact) mass is 320 g/mol. The Hall–Kier alpha value is -3.21. The van der Waals surface area contributed by atoms with Gasteiger partial charge in [0.05, 0.1) is 11.1 Å². The molecular formula is C19H13FN2O2. The summed E-state index contributed by atoms with van der Waals surface area (Å²) in [6.07, 6.45) is 1.84. The summed E-state index contributed by atoms with van der Waals surface area (Å²) in [5, 5.41) is 3.24. The number of benzene rings is 2. The summed E-state index contributed by atoms with van der Waals surface area (Å²) in [6, 6.07) is 13.2. The molecule has 24 heavy (non-hydrogen) atoms. The van der Waals surface area contributed by atoms with Gasteiger partial charge in [-0.15, -0.1) is 0 Å². The van der Waals surface area contributed by atoms with Crippen molar-refractivity contribution in [1.29, 1.82) is 0 Å². The number of carbonyl (C=O) groups excluding carboxylic acids is 2. The van der Waals surface area contributed by atoms with Crippen LogP contribution in [0, 0.1) is 5.82 Å². The van der Waals surface area contributed by atoms with Gasteiger partial charge in [-0.25, -0.2) is 4.39 Å². The second-order valence-corrected chi connectivity index (χ2v) is 5.71. The number of carbonyl (C=O) groups is 2. The highest BCUT2D eigenvalue weighted by Gasteiger charge is 2.33. The lowest BCUT2D eigenvalue weighted by Crippen LogP contribution is -2.22. The molecule has 2 aromatic carbocycles. The first kappa shape index (κ1) is 14.4. The molecule has 1 aliphatic heterocycles. The first-order valence-corrected chi connectivity index (χ1v) is 7.46. The van der Waals surface area contributed by atoms with E-state index in [-0.39, 0.29) is 5.57 Å². The second kappa shape index (κ2) is 5.16. The second-order valence-electron chi connectivity index (χ2n) is 5.71. The molecule has 0 aliphatic carbocycles. The van der Waals surface area contributed by atoms with E-state index in [2.05, 4.69) is 5.32 Å². The van der Waals surface area contributed by atoms with Gasteiger partial charge in [-0.1, -0.05) is 30.3 Å². The molecule has 4 rings (SSSR count). The molecule has 1 aliphatic rings. The SMILES string of the molecule is Cn1cc(C2=C(c3ccc(F)cc3)C(=O)NC2=O)c2ccccc21. The summed E-state index contributed by atoms with van der Waals surface area (Å²) < 4.78 is 15.1. The number of para-hydroxylation sites is 1. The number of hydrogen-bond acceptors (Lipinski definition) is 2. The fraction of sp³-hybridized carbons (Fsp3) is 0.0526. The van der Waals surface area contributed by atoms with E-state index in [1.165, 1.54) is 24.3 Å². The minimum Gasteiger partial charge on any atom is -0.350 e. The molecule has 0 atom stereocenters. The van der Waals surface area contributed by atoms with Crippen LogP contribution in [0.4, 0.5) is 4.39 Å². The Kier molecular flexibility index (Phi) is 3.09. The molecule has 0 saturated heterocycles. The first-order chi connectivity index (χ1) is 11.6. The van der Waals surface area contributed by atoms with E-state index < -0.39 is 17.6 Å². The van der Waals surface area contributed by atoms with Crippen LogP contribution in [0.1, 0.15) is 11.1 Å². The number of halogens is 1. The summed E-state index contributed by atoms with van der Waals surface area (Å²) in [5.74, 6) is -1.29. The van der Waals surface area contributed by atoms with Crippen LogP contribution >= 0.6 is 0 Å². The van der Waals surface area contributed by atoms with Gasteiger partial charge in [0.25, 0.3) is 11.8 Å². The molecule has 3 aromatic rings. The fourth-order valence-corrected chi connectivity index (χ4v) is 3.15. The first-order valence-electron chi connectivity index (χ1n) is 7.46. The number of nitrogens with zero attached hydrogens (tertiary/aromatic N) is 1. The zero-order valence-corrected chi connectivity index (χ0v) is 12.8.